The molecule has 0 aromatic rings. The molecular weight excluding hydrogens is 144 g/mol. The molecule has 1 aliphatic rings. The second-order valence-corrected chi connectivity index (χ2v) is 2.82. The molecule has 11 heavy (non-hydrogen) atoms. The van der Waals surface area contributed by atoms with Crippen LogP contribution in [0, 0.1) is 0 Å². The Morgan fingerprint density at radius 2 is 2.45 bits per heavy atom. The van der Waals surface area contributed by atoms with E-state index in [9.17, 15) is 5.11 Å². The van der Waals surface area contributed by atoms with Crippen LogP contribution in [0.1, 0.15) is 26.2 Å². The summed E-state index contributed by atoms with van der Waals surface area (Å²) in [5, 5.41) is 9.35. The van der Waals surface area contributed by atoms with Crippen LogP contribution in [0.25, 0.3) is 0 Å². The minimum absolute atomic E-state index is 0.372. The Balaban J connectivity index is 2.18. The van der Waals surface area contributed by atoms with E-state index in [4.69, 9.17) is 9.47 Å². The zero-order chi connectivity index (χ0) is 8.10. The second-order valence-electron chi connectivity index (χ2n) is 2.82. The Bertz CT molecular complexity index is 106. The molecule has 1 rings (SSSR count). The molecule has 1 fully saturated rings. The summed E-state index contributed by atoms with van der Waals surface area (Å²) >= 11 is 0. The molecule has 0 saturated carbocycles. The summed E-state index contributed by atoms with van der Waals surface area (Å²) in [6, 6.07) is 0. The van der Waals surface area contributed by atoms with Crippen LogP contribution in [0.2, 0.25) is 0 Å². The fourth-order valence-electron chi connectivity index (χ4n) is 1.13. The van der Waals surface area contributed by atoms with Gasteiger partial charge in [-0.3, -0.25) is 0 Å². The van der Waals surface area contributed by atoms with E-state index in [1.165, 1.54) is 0 Å². The summed E-state index contributed by atoms with van der Waals surface area (Å²) in [7, 11) is 0. The Morgan fingerprint density at radius 3 is 3.09 bits per heavy atom. The third kappa shape index (κ3) is 2.77. The lowest BCUT2D eigenvalue weighted by Gasteiger charge is -2.27. The molecular formula is C8H16O3. The Kier molecular flexibility index (Phi) is 3.83. The number of rotatable bonds is 3. The van der Waals surface area contributed by atoms with Crippen LogP contribution >= 0.6 is 0 Å². The van der Waals surface area contributed by atoms with E-state index >= 15 is 0 Å². The molecule has 0 spiro atoms. The fourth-order valence-corrected chi connectivity index (χ4v) is 1.13. The number of aliphatic hydroxyl groups is 1. The summed E-state index contributed by atoms with van der Waals surface area (Å²) in [6.45, 7) is 3.42. The van der Waals surface area contributed by atoms with Crippen molar-refractivity contribution in [1.82, 2.24) is 0 Å². The minimum Gasteiger partial charge on any atom is -0.388 e. The van der Waals surface area contributed by atoms with Gasteiger partial charge in [-0.1, -0.05) is 6.92 Å². The second kappa shape index (κ2) is 4.70. The van der Waals surface area contributed by atoms with Gasteiger partial charge in [0.15, 0.2) is 6.29 Å². The lowest BCUT2D eigenvalue weighted by Crippen LogP contribution is -2.36. The number of hydrogen-bond acceptors (Lipinski definition) is 3. The summed E-state index contributed by atoms with van der Waals surface area (Å²) in [5.41, 5.74) is 0. The average molecular weight is 160 g/mol. The summed E-state index contributed by atoms with van der Waals surface area (Å²) in [6.07, 6.45) is 1.91. The van der Waals surface area contributed by atoms with Gasteiger partial charge in [0.05, 0.1) is 0 Å². The third-order valence-corrected chi connectivity index (χ3v) is 1.73. The van der Waals surface area contributed by atoms with Crippen molar-refractivity contribution in [2.45, 2.75) is 38.6 Å². The number of hydrogen-bond donors (Lipinski definition) is 1. The number of ether oxygens (including phenoxy) is 2. The highest BCUT2D eigenvalue weighted by Crippen LogP contribution is 2.14. The smallest absolute Gasteiger partial charge is 0.183 e. The normalized spacial score (nSPS) is 32.2. The van der Waals surface area contributed by atoms with Crippen molar-refractivity contribution in [3.05, 3.63) is 0 Å². The summed E-state index contributed by atoms with van der Waals surface area (Å²) in [4.78, 5) is 0. The van der Waals surface area contributed by atoms with Crippen LogP contribution in [-0.4, -0.2) is 30.7 Å². The number of aliphatic hydroxyl groups excluding tert-OH is 1. The molecule has 3 nitrogen and oxygen atoms in total. The molecule has 1 saturated heterocycles. The van der Waals surface area contributed by atoms with Gasteiger partial charge in [-0.05, 0) is 19.3 Å². The Labute approximate surface area is 67.3 Å². The first-order valence-corrected chi connectivity index (χ1v) is 4.26. The molecule has 2 atom stereocenters. The third-order valence-electron chi connectivity index (χ3n) is 1.73. The summed E-state index contributed by atoms with van der Waals surface area (Å²) in [5.74, 6) is 0. The topological polar surface area (TPSA) is 38.7 Å². The van der Waals surface area contributed by atoms with Crippen molar-refractivity contribution in [1.29, 1.82) is 0 Å². The predicted molar refractivity (Wildman–Crippen MR) is 41.2 cm³/mol. The molecule has 2 unspecified atom stereocenters. The molecule has 0 radical (unpaired) electrons. The van der Waals surface area contributed by atoms with Gasteiger partial charge in [0, 0.05) is 13.2 Å². The molecule has 0 aliphatic carbocycles. The SMILES string of the molecule is CCCOC1OCCCC1O. The van der Waals surface area contributed by atoms with E-state index in [-0.39, 0.29) is 6.29 Å². The summed E-state index contributed by atoms with van der Waals surface area (Å²) < 4.78 is 10.5. The average Bonchev–Trinajstić information content (AvgIpc) is 2.03. The molecule has 66 valence electrons. The maximum atomic E-state index is 9.35. The van der Waals surface area contributed by atoms with Gasteiger partial charge in [-0.15, -0.1) is 0 Å². The highest BCUT2D eigenvalue weighted by atomic mass is 16.7. The zero-order valence-corrected chi connectivity index (χ0v) is 6.95. The van der Waals surface area contributed by atoms with E-state index in [1.54, 1.807) is 0 Å². The standard InChI is InChI=1S/C8H16O3/c1-2-5-10-8-7(9)4-3-6-11-8/h7-9H,2-6H2,1H3. The quantitative estimate of drug-likeness (QED) is 0.667. The minimum atomic E-state index is -0.421. The molecule has 0 amide bonds. The molecule has 3 heteroatoms. The predicted octanol–water partition coefficient (Wildman–Crippen LogP) is 0.910. The van der Waals surface area contributed by atoms with Crippen LogP contribution in [0.3, 0.4) is 0 Å². The fraction of sp³-hybridized carbons (Fsp3) is 1.00. The van der Waals surface area contributed by atoms with E-state index in [1.807, 2.05) is 6.92 Å². The lowest BCUT2D eigenvalue weighted by atomic mass is 10.1. The molecule has 0 bridgehead atoms. The van der Waals surface area contributed by atoms with Crippen molar-refractivity contribution in [3.8, 4) is 0 Å². The first-order valence-electron chi connectivity index (χ1n) is 4.26. The van der Waals surface area contributed by atoms with Crippen molar-refractivity contribution in [3.63, 3.8) is 0 Å². The lowest BCUT2D eigenvalue weighted by molar-refractivity contribution is -0.214. The van der Waals surface area contributed by atoms with Gasteiger partial charge in [0.2, 0.25) is 0 Å². The molecule has 1 aliphatic heterocycles. The van der Waals surface area contributed by atoms with Crippen molar-refractivity contribution < 1.29 is 14.6 Å². The highest BCUT2D eigenvalue weighted by Gasteiger charge is 2.23. The van der Waals surface area contributed by atoms with Gasteiger partial charge >= 0.3 is 0 Å². The highest BCUT2D eigenvalue weighted by molar-refractivity contribution is 4.65. The molecule has 1 heterocycles. The van der Waals surface area contributed by atoms with Gasteiger partial charge in [-0.25, -0.2) is 0 Å². The maximum Gasteiger partial charge on any atom is 0.183 e. The molecule has 0 aromatic heterocycles. The van der Waals surface area contributed by atoms with Crippen LogP contribution in [0.5, 0.6) is 0 Å². The first kappa shape index (κ1) is 8.97. The van der Waals surface area contributed by atoms with Gasteiger partial charge in [-0.2, -0.15) is 0 Å². The van der Waals surface area contributed by atoms with E-state index in [2.05, 4.69) is 0 Å². The van der Waals surface area contributed by atoms with Crippen molar-refractivity contribution in [2.24, 2.45) is 0 Å². The molecule has 1 N–H and O–H groups in total. The zero-order valence-electron chi connectivity index (χ0n) is 6.95. The van der Waals surface area contributed by atoms with E-state index < -0.39 is 6.10 Å². The van der Waals surface area contributed by atoms with Crippen LogP contribution in [0.15, 0.2) is 0 Å². The van der Waals surface area contributed by atoms with Gasteiger partial charge in [0.25, 0.3) is 0 Å². The van der Waals surface area contributed by atoms with Crippen LogP contribution < -0.4 is 0 Å². The Morgan fingerprint density at radius 1 is 1.64 bits per heavy atom. The first-order chi connectivity index (χ1) is 5.34. The van der Waals surface area contributed by atoms with Gasteiger partial charge < -0.3 is 14.6 Å². The maximum absolute atomic E-state index is 9.35. The van der Waals surface area contributed by atoms with Crippen molar-refractivity contribution in [2.75, 3.05) is 13.2 Å². The van der Waals surface area contributed by atoms with Crippen LogP contribution in [-0.2, 0) is 9.47 Å². The van der Waals surface area contributed by atoms with Gasteiger partial charge in [0.1, 0.15) is 6.10 Å². The van der Waals surface area contributed by atoms with Crippen LogP contribution in [0.4, 0.5) is 0 Å². The van der Waals surface area contributed by atoms with E-state index in [0.717, 1.165) is 19.3 Å². The monoisotopic (exact) mass is 160 g/mol. The molecule has 0 aromatic carbocycles. The Hall–Kier alpha value is -0.120. The largest absolute Gasteiger partial charge is 0.388 e. The van der Waals surface area contributed by atoms with Crippen molar-refractivity contribution >= 4 is 0 Å². The van der Waals surface area contributed by atoms with E-state index in [0.29, 0.717) is 13.2 Å².